The smallest absolute Gasteiger partial charge is 0.0911 e. The molecule has 0 bridgehead atoms. The number of halogens is 2. The molecule has 1 aromatic heterocycles. The highest BCUT2D eigenvalue weighted by atomic mass is 79.9. The average molecular weight is 360 g/mol. The van der Waals surface area contributed by atoms with Gasteiger partial charge < -0.3 is 0 Å². The third-order valence-electron chi connectivity index (χ3n) is 2.47. The van der Waals surface area contributed by atoms with E-state index in [-0.39, 0.29) is 6.04 Å². The first-order chi connectivity index (χ1) is 8.11. The zero-order valence-corrected chi connectivity index (χ0v) is 12.4. The van der Waals surface area contributed by atoms with Crippen molar-refractivity contribution in [2.75, 3.05) is 0 Å². The van der Waals surface area contributed by atoms with Crippen LogP contribution < -0.4 is 11.3 Å². The van der Waals surface area contributed by atoms with E-state index in [2.05, 4.69) is 42.4 Å². The predicted molar refractivity (Wildman–Crippen MR) is 74.2 cm³/mol. The average Bonchev–Trinajstić information content (AvgIpc) is 2.71. The maximum atomic E-state index is 5.63. The van der Waals surface area contributed by atoms with Crippen molar-refractivity contribution in [3.63, 3.8) is 0 Å². The van der Waals surface area contributed by atoms with Gasteiger partial charge in [-0.2, -0.15) is 5.10 Å². The van der Waals surface area contributed by atoms with E-state index in [1.807, 2.05) is 37.5 Å². The summed E-state index contributed by atoms with van der Waals surface area (Å²) in [7, 11) is 1.88. The van der Waals surface area contributed by atoms with Gasteiger partial charge in [0.05, 0.1) is 11.7 Å². The summed E-state index contributed by atoms with van der Waals surface area (Å²) < 4.78 is 3.76. The van der Waals surface area contributed by atoms with E-state index in [1.54, 1.807) is 4.68 Å². The Kier molecular flexibility index (Phi) is 3.98. The van der Waals surface area contributed by atoms with E-state index >= 15 is 0 Å². The molecular weight excluding hydrogens is 348 g/mol. The number of nitrogens with zero attached hydrogens (tertiary/aromatic N) is 2. The second-order valence-corrected chi connectivity index (χ2v) is 5.45. The van der Waals surface area contributed by atoms with Crippen LogP contribution in [0.3, 0.4) is 0 Å². The number of nitrogens with two attached hydrogens (primary N) is 1. The standard InChI is InChI=1S/C11H12Br2N4/c1-17-5-4-10(16-17)11(15-14)8-6-7(12)2-3-9(8)13/h2-6,11,15H,14H2,1H3. The summed E-state index contributed by atoms with van der Waals surface area (Å²) in [5, 5.41) is 4.37. The number of hydrogen-bond acceptors (Lipinski definition) is 3. The van der Waals surface area contributed by atoms with E-state index in [0.717, 1.165) is 20.2 Å². The van der Waals surface area contributed by atoms with Crippen molar-refractivity contribution >= 4 is 31.9 Å². The molecule has 1 atom stereocenters. The van der Waals surface area contributed by atoms with E-state index in [9.17, 15) is 0 Å². The van der Waals surface area contributed by atoms with Crippen molar-refractivity contribution in [2.45, 2.75) is 6.04 Å². The molecule has 1 unspecified atom stereocenters. The maximum Gasteiger partial charge on any atom is 0.0911 e. The van der Waals surface area contributed by atoms with E-state index in [4.69, 9.17) is 5.84 Å². The third-order valence-corrected chi connectivity index (χ3v) is 3.68. The van der Waals surface area contributed by atoms with Gasteiger partial charge in [-0.05, 0) is 29.8 Å². The lowest BCUT2D eigenvalue weighted by molar-refractivity contribution is 0.601. The number of rotatable bonds is 3. The van der Waals surface area contributed by atoms with Crippen molar-refractivity contribution < 1.29 is 0 Å². The highest BCUT2D eigenvalue weighted by Gasteiger charge is 2.17. The Hall–Kier alpha value is -0.690. The van der Waals surface area contributed by atoms with Gasteiger partial charge in [-0.1, -0.05) is 31.9 Å². The minimum absolute atomic E-state index is 0.136. The van der Waals surface area contributed by atoms with Gasteiger partial charge in [0.15, 0.2) is 0 Å². The molecule has 0 saturated carbocycles. The molecule has 0 spiro atoms. The van der Waals surface area contributed by atoms with Crippen molar-refractivity contribution in [3.8, 4) is 0 Å². The molecule has 6 heteroatoms. The van der Waals surface area contributed by atoms with Gasteiger partial charge in [-0.15, -0.1) is 0 Å². The fourth-order valence-corrected chi connectivity index (χ4v) is 2.51. The van der Waals surface area contributed by atoms with Crippen molar-refractivity contribution in [1.82, 2.24) is 15.2 Å². The van der Waals surface area contributed by atoms with Crippen LogP contribution in [0.5, 0.6) is 0 Å². The fourth-order valence-electron chi connectivity index (χ4n) is 1.66. The molecule has 17 heavy (non-hydrogen) atoms. The summed E-state index contributed by atoms with van der Waals surface area (Å²) in [4.78, 5) is 0. The second kappa shape index (κ2) is 5.30. The minimum atomic E-state index is -0.136. The molecule has 3 N–H and O–H groups in total. The molecule has 0 fully saturated rings. The van der Waals surface area contributed by atoms with Gasteiger partial charge >= 0.3 is 0 Å². The lowest BCUT2D eigenvalue weighted by atomic mass is 10.0. The normalized spacial score (nSPS) is 12.7. The third kappa shape index (κ3) is 2.77. The largest absolute Gasteiger partial charge is 0.275 e. The maximum absolute atomic E-state index is 5.63. The number of aryl methyl sites for hydroxylation is 1. The Labute approximate surface area is 116 Å². The lowest BCUT2D eigenvalue weighted by Crippen LogP contribution is -2.29. The van der Waals surface area contributed by atoms with Gasteiger partial charge in [-0.25, -0.2) is 5.43 Å². The first-order valence-electron chi connectivity index (χ1n) is 5.02. The molecule has 2 rings (SSSR count). The fraction of sp³-hybridized carbons (Fsp3) is 0.182. The minimum Gasteiger partial charge on any atom is -0.275 e. The van der Waals surface area contributed by atoms with Crippen LogP contribution in [0.1, 0.15) is 17.3 Å². The van der Waals surface area contributed by atoms with Gasteiger partial charge in [0, 0.05) is 22.2 Å². The number of aromatic nitrogens is 2. The first kappa shape index (κ1) is 12.8. The number of nitrogens with one attached hydrogen (secondary N) is 1. The number of hydrogen-bond donors (Lipinski definition) is 2. The highest BCUT2D eigenvalue weighted by Crippen LogP contribution is 2.29. The van der Waals surface area contributed by atoms with E-state index < -0.39 is 0 Å². The monoisotopic (exact) mass is 358 g/mol. The molecule has 0 aliphatic carbocycles. The van der Waals surface area contributed by atoms with Crippen LogP contribution in [-0.2, 0) is 7.05 Å². The lowest BCUT2D eigenvalue weighted by Gasteiger charge is -2.16. The van der Waals surface area contributed by atoms with Crippen LogP contribution >= 0.6 is 31.9 Å². The zero-order chi connectivity index (χ0) is 12.4. The Morgan fingerprint density at radius 2 is 2.12 bits per heavy atom. The Balaban J connectivity index is 2.45. The molecule has 90 valence electrons. The van der Waals surface area contributed by atoms with Gasteiger partial charge in [0.1, 0.15) is 0 Å². The molecule has 0 saturated heterocycles. The predicted octanol–water partition coefficient (Wildman–Crippen LogP) is 2.50. The molecule has 4 nitrogen and oxygen atoms in total. The summed E-state index contributed by atoms with van der Waals surface area (Å²) in [6, 6.07) is 7.77. The number of hydrazine groups is 1. The molecule has 1 heterocycles. The van der Waals surface area contributed by atoms with Gasteiger partial charge in [0.25, 0.3) is 0 Å². The Bertz CT molecular complexity index is 524. The summed E-state index contributed by atoms with van der Waals surface area (Å²) in [6.07, 6.45) is 1.89. The summed E-state index contributed by atoms with van der Waals surface area (Å²) in [6.45, 7) is 0. The van der Waals surface area contributed by atoms with Crippen LogP contribution in [0, 0.1) is 0 Å². The zero-order valence-electron chi connectivity index (χ0n) is 9.19. The molecule has 0 aliphatic rings. The van der Waals surface area contributed by atoms with E-state index in [0.29, 0.717) is 0 Å². The Morgan fingerprint density at radius 3 is 2.71 bits per heavy atom. The van der Waals surface area contributed by atoms with Crippen LogP contribution in [0.25, 0.3) is 0 Å². The molecule has 0 aliphatic heterocycles. The quantitative estimate of drug-likeness (QED) is 0.654. The highest BCUT2D eigenvalue weighted by molar-refractivity contribution is 9.11. The van der Waals surface area contributed by atoms with Crippen molar-refractivity contribution in [3.05, 3.63) is 50.7 Å². The Morgan fingerprint density at radius 1 is 1.35 bits per heavy atom. The van der Waals surface area contributed by atoms with Gasteiger partial charge in [0.2, 0.25) is 0 Å². The summed E-state index contributed by atoms with van der Waals surface area (Å²) >= 11 is 6.98. The molecule has 0 radical (unpaired) electrons. The summed E-state index contributed by atoms with van der Waals surface area (Å²) in [5.41, 5.74) is 4.71. The van der Waals surface area contributed by atoms with Crippen LogP contribution in [0.2, 0.25) is 0 Å². The van der Waals surface area contributed by atoms with Crippen LogP contribution in [-0.4, -0.2) is 9.78 Å². The topological polar surface area (TPSA) is 55.9 Å². The van der Waals surface area contributed by atoms with Gasteiger partial charge in [-0.3, -0.25) is 10.5 Å². The van der Waals surface area contributed by atoms with Crippen LogP contribution in [0.15, 0.2) is 39.4 Å². The van der Waals surface area contributed by atoms with E-state index in [1.165, 1.54) is 0 Å². The molecule has 1 aromatic carbocycles. The molecule has 0 amide bonds. The summed E-state index contributed by atoms with van der Waals surface area (Å²) in [5.74, 6) is 5.63. The first-order valence-corrected chi connectivity index (χ1v) is 6.61. The molecular formula is C11H12Br2N4. The molecule has 2 aromatic rings. The van der Waals surface area contributed by atoms with Crippen LogP contribution in [0.4, 0.5) is 0 Å². The second-order valence-electron chi connectivity index (χ2n) is 3.68. The SMILES string of the molecule is Cn1ccc(C(NN)c2cc(Br)ccc2Br)n1. The van der Waals surface area contributed by atoms with Crippen molar-refractivity contribution in [1.29, 1.82) is 0 Å². The van der Waals surface area contributed by atoms with Crippen molar-refractivity contribution in [2.24, 2.45) is 12.9 Å². The number of benzene rings is 1.